The lowest BCUT2D eigenvalue weighted by Gasteiger charge is -2.11. The van der Waals surface area contributed by atoms with Gasteiger partial charge in [0.1, 0.15) is 5.75 Å². The number of carbonyl (C=O) groups is 2. The normalized spacial score (nSPS) is 11.2. The molecule has 0 aliphatic carbocycles. The predicted molar refractivity (Wildman–Crippen MR) is 129 cm³/mol. The molecule has 0 saturated carbocycles. The Labute approximate surface area is 203 Å². The quantitative estimate of drug-likeness (QED) is 0.287. The van der Waals surface area contributed by atoms with Gasteiger partial charge in [0.2, 0.25) is 0 Å². The van der Waals surface area contributed by atoms with Crippen LogP contribution in [-0.4, -0.2) is 45.8 Å². The van der Waals surface area contributed by atoms with E-state index in [0.29, 0.717) is 27.8 Å². The Morgan fingerprint density at radius 1 is 1.15 bits per heavy atom. The topological polar surface area (TPSA) is 108 Å². The molecule has 4 rings (SSSR count). The van der Waals surface area contributed by atoms with Crippen LogP contribution in [0, 0.1) is 0 Å². The molecule has 0 aliphatic heterocycles. The first-order valence-corrected chi connectivity index (χ1v) is 11.2. The molecule has 9 nitrogen and oxygen atoms in total. The summed E-state index contributed by atoms with van der Waals surface area (Å²) >= 11 is 7.51. The monoisotopic (exact) mass is 495 g/mol. The fraction of sp³-hybridized carbons (Fsp3) is 0.0870. The summed E-state index contributed by atoms with van der Waals surface area (Å²) in [5.41, 5.74) is 1.21. The van der Waals surface area contributed by atoms with Crippen LogP contribution < -0.4 is 10.1 Å². The fourth-order valence-corrected chi connectivity index (χ4v) is 3.89. The second-order valence-corrected chi connectivity index (χ2v) is 8.19. The fourth-order valence-electron chi connectivity index (χ4n) is 2.98. The Kier molecular flexibility index (Phi) is 7.31. The van der Waals surface area contributed by atoms with E-state index in [0.717, 1.165) is 4.88 Å². The van der Waals surface area contributed by atoms with Crippen LogP contribution in [0.25, 0.3) is 23.2 Å². The summed E-state index contributed by atoms with van der Waals surface area (Å²) in [6, 6.07) is 17.7. The van der Waals surface area contributed by atoms with Crippen molar-refractivity contribution in [2.24, 2.45) is 0 Å². The molecule has 0 atom stereocenters. The van der Waals surface area contributed by atoms with E-state index >= 15 is 0 Å². The molecular weight excluding hydrogens is 478 g/mol. The molecule has 34 heavy (non-hydrogen) atoms. The third-order valence-corrected chi connectivity index (χ3v) is 5.65. The van der Waals surface area contributed by atoms with Crippen LogP contribution in [0.1, 0.15) is 4.88 Å². The Hall–Kier alpha value is -4.02. The highest BCUT2D eigenvalue weighted by molar-refractivity contribution is 7.10. The number of ether oxygens (including phenoxy) is 2. The predicted octanol–water partition coefficient (Wildman–Crippen LogP) is 4.24. The summed E-state index contributed by atoms with van der Waals surface area (Å²) in [6.45, 7) is -0.521. The number of carbonyl (C=O) groups excluding carboxylic acids is 2. The van der Waals surface area contributed by atoms with E-state index < -0.39 is 18.5 Å². The highest BCUT2D eigenvalue weighted by Crippen LogP contribution is 2.27. The minimum Gasteiger partial charge on any atom is -0.495 e. The number of nitrogens with zero attached hydrogens (tertiary/aromatic N) is 4. The van der Waals surface area contributed by atoms with E-state index in [1.54, 1.807) is 18.2 Å². The molecule has 0 spiro atoms. The lowest BCUT2D eigenvalue weighted by Crippen LogP contribution is -2.23. The first-order valence-electron chi connectivity index (χ1n) is 9.95. The van der Waals surface area contributed by atoms with Gasteiger partial charge >= 0.3 is 5.97 Å². The van der Waals surface area contributed by atoms with Gasteiger partial charge in [0.15, 0.2) is 18.1 Å². The molecule has 0 saturated heterocycles. The molecule has 0 aliphatic rings. The van der Waals surface area contributed by atoms with E-state index in [2.05, 4.69) is 20.8 Å². The van der Waals surface area contributed by atoms with E-state index in [9.17, 15) is 9.59 Å². The van der Waals surface area contributed by atoms with E-state index in [1.807, 2.05) is 47.8 Å². The first-order chi connectivity index (χ1) is 16.5. The number of rotatable bonds is 8. The number of methoxy groups -OCH3 is 1. The lowest BCUT2D eigenvalue weighted by atomic mass is 10.2. The number of anilines is 1. The van der Waals surface area contributed by atoms with Crippen molar-refractivity contribution < 1.29 is 19.1 Å². The Morgan fingerprint density at radius 3 is 2.68 bits per heavy atom. The summed E-state index contributed by atoms with van der Waals surface area (Å²) in [4.78, 5) is 26.2. The number of hydrogen-bond donors (Lipinski definition) is 1. The van der Waals surface area contributed by atoms with Gasteiger partial charge in [-0.15, -0.1) is 16.4 Å². The minimum atomic E-state index is -0.763. The summed E-state index contributed by atoms with van der Waals surface area (Å²) in [5.74, 6) is -0.464. The van der Waals surface area contributed by atoms with Crippen LogP contribution in [0.5, 0.6) is 5.75 Å². The van der Waals surface area contributed by atoms with Crippen LogP contribution in [0.3, 0.4) is 0 Å². The van der Waals surface area contributed by atoms with Crippen molar-refractivity contribution in [1.29, 1.82) is 0 Å². The van der Waals surface area contributed by atoms with E-state index in [-0.39, 0.29) is 5.70 Å². The Balaban J connectivity index is 1.52. The number of aromatic nitrogens is 4. The van der Waals surface area contributed by atoms with Gasteiger partial charge in [0.05, 0.1) is 12.1 Å². The highest BCUT2D eigenvalue weighted by Gasteiger charge is 2.21. The smallest absolute Gasteiger partial charge is 0.357 e. The largest absolute Gasteiger partial charge is 0.495 e. The molecule has 2 heterocycles. The number of hydrogen-bond acceptors (Lipinski definition) is 8. The summed E-state index contributed by atoms with van der Waals surface area (Å²) in [5, 5.41) is 16.6. The van der Waals surface area contributed by atoms with Gasteiger partial charge in [-0.25, -0.2) is 4.79 Å². The molecular formula is C23H18ClN5O4S. The van der Waals surface area contributed by atoms with Crippen molar-refractivity contribution in [3.05, 3.63) is 75.9 Å². The molecule has 2 aromatic carbocycles. The maximum Gasteiger partial charge on any atom is 0.357 e. The van der Waals surface area contributed by atoms with Crippen molar-refractivity contribution in [1.82, 2.24) is 20.2 Å². The first kappa shape index (κ1) is 23.1. The van der Waals surface area contributed by atoms with Crippen molar-refractivity contribution in [3.63, 3.8) is 0 Å². The maximum absolute atomic E-state index is 13.0. The summed E-state index contributed by atoms with van der Waals surface area (Å²) in [6.07, 6.45) is 1.61. The lowest BCUT2D eigenvalue weighted by molar-refractivity contribution is -0.141. The van der Waals surface area contributed by atoms with Crippen LogP contribution in [0.15, 0.2) is 66.0 Å². The average molecular weight is 496 g/mol. The minimum absolute atomic E-state index is 0.0617. The van der Waals surface area contributed by atoms with Gasteiger partial charge in [0.25, 0.3) is 5.91 Å². The van der Waals surface area contributed by atoms with Gasteiger partial charge < -0.3 is 14.8 Å². The standard InChI is InChI=1S/C23H18ClN5O4S/c1-32-20-10-9-16(12-18(20)24)25-21(30)14-33-23(31)19(13-17-8-5-11-34-17)29-22(26-27-28-29)15-6-3-2-4-7-15/h2-13H,14H2,1H3,(H,25,30)/b19-13+. The van der Waals surface area contributed by atoms with Crippen LogP contribution in [-0.2, 0) is 14.3 Å². The average Bonchev–Trinajstić information content (AvgIpc) is 3.54. The van der Waals surface area contributed by atoms with Crippen molar-refractivity contribution in [2.75, 3.05) is 19.0 Å². The molecule has 0 unspecified atom stereocenters. The molecule has 0 fully saturated rings. The molecule has 2 aromatic heterocycles. The van der Waals surface area contributed by atoms with Crippen LogP contribution in [0.2, 0.25) is 5.02 Å². The molecule has 0 bridgehead atoms. The molecule has 1 amide bonds. The number of tetrazole rings is 1. The van der Waals surface area contributed by atoms with Crippen molar-refractivity contribution in [3.8, 4) is 17.1 Å². The zero-order valence-corrected chi connectivity index (χ0v) is 19.4. The SMILES string of the molecule is COc1ccc(NC(=O)COC(=O)/C(=C\c2cccs2)n2nnnc2-c2ccccc2)cc1Cl. The second kappa shape index (κ2) is 10.7. The summed E-state index contributed by atoms with van der Waals surface area (Å²) < 4.78 is 11.7. The molecule has 11 heteroatoms. The third kappa shape index (κ3) is 5.48. The van der Waals surface area contributed by atoms with Crippen molar-refractivity contribution >= 4 is 52.3 Å². The molecule has 1 N–H and O–H groups in total. The number of amides is 1. The molecule has 0 radical (unpaired) electrons. The van der Waals surface area contributed by atoms with Gasteiger partial charge in [-0.1, -0.05) is 48.0 Å². The second-order valence-electron chi connectivity index (χ2n) is 6.80. The van der Waals surface area contributed by atoms with E-state index in [4.69, 9.17) is 21.1 Å². The zero-order valence-electron chi connectivity index (χ0n) is 17.8. The van der Waals surface area contributed by atoms with Crippen LogP contribution >= 0.6 is 22.9 Å². The number of benzene rings is 2. The zero-order chi connectivity index (χ0) is 23.9. The number of halogens is 1. The van der Waals surface area contributed by atoms with Gasteiger partial charge in [-0.05, 0) is 46.1 Å². The maximum atomic E-state index is 13.0. The van der Waals surface area contributed by atoms with Gasteiger partial charge in [-0.3, -0.25) is 4.79 Å². The van der Waals surface area contributed by atoms with Crippen molar-refractivity contribution in [2.45, 2.75) is 0 Å². The Morgan fingerprint density at radius 2 is 1.97 bits per heavy atom. The molecule has 4 aromatic rings. The number of esters is 1. The Bertz CT molecular complexity index is 1320. The molecule has 172 valence electrons. The van der Waals surface area contributed by atoms with Gasteiger partial charge in [0, 0.05) is 16.1 Å². The highest BCUT2D eigenvalue weighted by atomic mass is 35.5. The van der Waals surface area contributed by atoms with Gasteiger partial charge in [-0.2, -0.15) is 4.68 Å². The van der Waals surface area contributed by atoms with E-state index in [1.165, 1.54) is 29.2 Å². The van der Waals surface area contributed by atoms with Crippen LogP contribution in [0.4, 0.5) is 5.69 Å². The number of nitrogens with one attached hydrogen (secondary N) is 1. The number of thiophene rings is 1. The summed E-state index contributed by atoms with van der Waals surface area (Å²) in [7, 11) is 1.49. The third-order valence-electron chi connectivity index (χ3n) is 4.53.